The van der Waals surface area contributed by atoms with Gasteiger partial charge >= 0.3 is 0 Å². The maximum atomic E-state index is 12.5. The summed E-state index contributed by atoms with van der Waals surface area (Å²) in [6.07, 6.45) is 1.35. The normalized spacial score (nSPS) is 18.1. The van der Waals surface area contributed by atoms with Crippen LogP contribution in [-0.2, 0) is 16.1 Å². The van der Waals surface area contributed by atoms with E-state index in [1.165, 1.54) is 15.9 Å². The molecule has 2 aromatic rings. The number of nitrogens with zero attached hydrogens (tertiary/aromatic N) is 5. The molecule has 1 atom stereocenters. The molecule has 22 heavy (non-hydrogen) atoms. The molecule has 1 N–H and O–H groups in total. The number of tetrazole rings is 1. The van der Waals surface area contributed by atoms with Crippen LogP contribution >= 0.6 is 11.6 Å². The van der Waals surface area contributed by atoms with E-state index in [2.05, 4.69) is 20.8 Å². The minimum atomic E-state index is -0.744. The predicted molar refractivity (Wildman–Crippen MR) is 76.7 cm³/mol. The Morgan fingerprint density at radius 1 is 1.41 bits per heavy atom. The van der Waals surface area contributed by atoms with Gasteiger partial charge in [0.1, 0.15) is 18.9 Å². The molecule has 1 unspecified atom stereocenters. The van der Waals surface area contributed by atoms with Crippen LogP contribution in [0.25, 0.3) is 0 Å². The van der Waals surface area contributed by atoms with Gasteiger partial charge in [-0.2, -0.15) is 0 Å². The summed E-state index contributed by atoms with van der Waals surface area (Å²) in [5.74, 6) is -0.489. The molecule has 0 saturated carbocycles. The van der Waals surface area contributed by atoms with Gasteiger partial charge in [0.25, 0.3) is 0 Å². The molecule has 2 amide bonds. The monoisotopic (exact) mass is 320 g/mol. The van der Waals surface area contributed by atoms with Crippen molar-refractivity contribution >= 4 is 23.4 Å². The molecule has 1 aromatic heterocycles. The van der Waals surface area contributed by atoms with Gasteiger partial charge in [0.05, 0.1) is 0 Å². The van der Waals surface area contributed by atoms with Crippen molar-refractivity contribution in [1.29, 1.82) is 0 Å². The summed E-state index contributed by atoms with van der Waals surface area (Å²) in [7, 11) is 0. The first-order valence-corrected chi connectivity index (χ1v) is 7.07. The van der Waals surface area contributed by atoms with Crippen LogP contribution in [0.5, 0.6) is 0 Å². The molecule has 2 heterocycles. The number of carbonyl (C=O) groups is 2. The molecule has 3 rings (SSSR count). The van der Waals surface area contributed by atoms with Crippen LogP contribution in [0.2, 0.25) is 5.02 Å². The highest BCUT2D eigenvalue weighted by atomic mass is 35.5. The molecule has 0 spiro atoms. The van der Waals surface area contributed by atoms with Gasteiger partial charge in [-0.05, 0) is 16.5 Å². The Hall–Kier alpha value is -2.48. The average Bonchev–Trinajstić information content (AvgIpc) is 3.01. The highest BCUT2D eigenvalue weighted by Gasteiger charge is 2.35. The van der Waals surface area contributed by atoms with Gasteiger partial charge in [0, 0.05) is 23.7 Å². The number of amides is 2. The molecule has 9 heteroatoms. The van der Waals surface area contributed by atoms with Crippen molar-refractivity contribution in [3.8, 4) is 0 Å². The van der Waals surface area contributed by atoms with E-state index >= 15 is 0 Å². The van der Waals surface area contributed by atoms with Crippen molar-refractivity contribution in [2.45, 2.75) is 12.6 Å². The molecule has 8 nitrogen and oxygen atoms in total. The molecule has 1 aliphatic heterocycles. The molecule has 1 aliphatic rings. The topological polar surface area (TPSA) is 93.0 Å². The van der Waals surface area contributed by atoms with Gasteiger partial charge in [-0.15, -0.1) is 5.10 Å². The number of piperazine rings is 1. The van der Waals surface area contributed by atoms with Crippen LogP contribution in [-0.4, -0.2) is 50.0 Å². The third-order valence-electron chi connectivity index (χ3n) is 3.42. The zero-order valence-electron chi connectivity index (χ0n) is 11.5. The van der Waals surface area contributed by atoms with Crippen molar-refractivity contribution in [3.05, 3.63) is 41.2 Å². The Bertz CT molecular complexity index is 690. The summed E-state index contributed by atoms with van der Waals surface area (Å²) in [4.78, 5) is 26.2. The third kappa shape index (κ3) is 2.77. The van der Waals surface area contributed by atoms with Crippen molar-refractivity contribution in [1.82, 2.24) is 30.4 Å². The molecule has 0 radical (unpaired) electrons. The molecular weight excluding hydrogens is 308 g/mol. The zero-order valence-corrected chi connectivity index (χ0v) is 12.3. The fourth-order valence-corrected chi connectivity index (χ4v) is 2.66. The minimum absolute atomic E-state index is 0.0266. The quantitative estimate of drug-likeness (QED) is 0.861. The molecule has 1 saturated heterocycles. The zero-order chi connectivity index (χ0) is 15.5. The summed E-state index contributed by atoms with van der Waals surface area (Å²) in [5.41, 5.74) is 0.603. The van der Waals surface area contributed by atoms with Gasteiger partial charge in [-0.1, -0.05) is 29.8 Å². The van der Waals surface area contributed by atoms with Crippen LogP contribution < -0.4 is 5.32 Å². The van der Waals surface area contributed by atoms with Crippen molar-refractivity contribution < 1.29 is 9.59 Å². The molecular formula is C13H13ClN6O2. The van der Waals surface area contributed by atoms with E-state index in [4.69, 9.17) is 11.6 Å². The first-order chi connectivity index (χ1) is 10.7. The summed E-state index contributed by atoms with van der Waals surface area (Å²) in [6.45, 7) is 0.783. The lowest BCUT2D eigenvalue weighted by Crippen LogP contribution is -2.53. The summed E-state index contributed by atoms with van der Waals surface area (Å²) in [6, 6.07) is 6.26. The molecule has 1 aromatic carbocycles. The number of rotatable bonds is 3. The Labute approximate surface area is 131 Å². The van der Waals surface area contributed by atoms with E-state index in [-0.39, 0.29) is 18.4 Å². The highest BCUT2D eigenvalue weighted by molar-refractivity contribution is 6.31. The van der Waals surface area contributed by atoms with E-state index in [0.717, 1.165) is 0 Å². The SMILES string of the molecule is O=C1NCCN(C(=O)Cn2cnnn2)C1c1ccccc1Cl. The van der Waals surface area contributed by atoms with E-state index in [1.807, 2.05) is 0 Å². The lowest BCUT2D eigenvalue weighted by atomic mass is 10.0. The van der Waals surface area contributed by atoms with Crippen LogP contribution in [0.1, 0.15) is 11.6 Å². The number of benzene rings is 1. The van der Waals surface area contributed by atoms with E-state index < -0.39 is 6.04 Å². The average molecular weight is 321 g/mol. The minimum Gasteiger partial charge on any atom is -0.352 e. The van der Waals surface area contributed by atoms with Gasteiger partial charge in [0.15, 0.2) is 0 Å². The Kier molecular flexibility index (Phi) is 4.01. The van der Waals surface area contributed by atoms with Crippen LogP contribution in [0.15, 0.2) is 30.6 Å². The largest absolute Gasteiger partial charge is 0.352 e. The Balaban J connectivity index is 1.88. The number of nitrogens with one attached hydrogen (secondary N) is 1. The second-order valence-corrected chi connectivity index (χ2v) is 5.22. The first kappa shape index (κ1) is 14.5. The lowest BCUT2D eigenvalue weighted by molar-refractivity contribution is -0.144. The Morgan fingerprint density at radius 3 is 2.95 bits per heavy atom. The molecule has 114 valence electrons. The van der Waals surface area contributed by atoms with Crippen LogP contribution in [0.4, 0.5) is 0 Å². The highest BCUT2D eigenvalue weighted by Crippen LogP contribution is 2.29. The summed E-state index contributed by atoms with van der Waals surface area (Å²) >= 11 is 6.18. The molecule has 0 bridgehead atoms. The molecule has 0 aliphatic carbocycles. The van der Waals surface area contributed by atoms with E-state index in [1.54, 1.807) is 24.3 Å². The second-order valence-electron chi connectivity index (χ2n) is 4.81. The number of hydrogen-bond acceptors (Lipinski definition) is 5. The van der Waals surface area contributed by atoms with Crippen molar-refractivity contribution in [2.75, 3.05) is 13.1 Å². The maximum absolute atomic E-state index is 12.5. The van der Waals surface area contributed by atoms with Gasteiger partial charge in [0.2, 0.25) is 11.8 Å². The lowest BCUT2D eigenvalue weighted by Gasteiger charge is -2.35. The van der Waals surface area contributed by atoms with Crippen molar-refractivity contribution in [2.24, 2.45) is 0 Å². The summed E-state index contributed by atoms with van der Waals surface area (Å²) < 4.78 is 1.32. The number of carbonyl (C=O) groups excluding carboxylic acids is 2. The number of hydrogen-bond donors (Lipinski definition) is 1. The summed E-state index contributed by atoms with van der Waals surface area (Å²) in [5, 5.41) is 13.9. The van der Waals surface area contributed by atoms with Crippen LogP contribution in [0.3, 0.4) is 0 Å². The number of aromatic nitrogens is 4. The van der Waals surface area contributed by atoms with E-state index in [9.17, 15) is 9.59 Å². The fraction of sp³-hybridized carbons (Fsp3) is 0.308. The van der Waals surface area contributed by atoms with Gasteiger partial charge < -0.3 is 10.2 Å². The van der Waals surface area contributed by atoms with Gasteiger partial charge in [-0.3, -0.25) is 9.59 Å². The fourth-order valence-electron chi connectivity index (χ4n) is 2.42. The van der Waals surface area contributed by atoms with Crippen LogP contribution in [0, 0.1) is 0 Å². The maximum Gasteiger partial charge on any atom is 0.247 e. The standard InChI is InChI=1S/C13H13ClN6O2/c14-10-4-2-1-3-9(10)12-13(22)15-5-6-20(12)11(21)7-19-8-16-17-18-19/h1-4,8,12H,5-7H2,(H,15,22). The van der Waals surface area contributed by atoms with E-state index in [0.29, 0.717) is 23.7 Å². The third-order valence-corrected chi connectivity index (χ3v) is 3.77. The molecule has 1 fully saturated rings. The second kappa shape index (κ2) is 6.10. The smallest absolute Gasteiger partial charge is 0.247 e. The van der Waals surface area contributed by atoms with Crippen molar-refractivity contribution in [3.63, 3.8) is 0 Å². The first-order valence-electron chi connectivity index (χ1n) is 6.69. The Morgan fingerprint density at radius 2 is 2.23 bits per heavy atom. The number of halogens is 1. The van der Waals surface area contributed by atoms with Gasteiger partial charge in [-0.25, -0.2) is 4.68 Å². The predicted octanol–water partition coefficient (Wildman–Crippen LogP) is 0.0262.